The predicted octanol–water partition coefficient (Wildman–Crippen LogP) is -0.514. The van der Waals surface area contributed by atoms with Gasteiger partial charge in [0.2, 0.25) is 0 Å². The van der Waals surface area contributed by atoms with Crippen molar-refractivity contribution in [1.82, 2.24) is 0 Å². The number of rotatable bonds is 0. The highest BCUT2D eigenvalue weighted by molar-refractivity contribution is 8.10. The normalized spacial score (nSPS) is 11.2. The van der Waals surface area contributed by atoms with E-state index in [1.807, 2.05) is 0 Å². The van der Waals surface area contributed by atoms with Gasteiger partial charge in [0.25, 0.3) is 0 Å². The fraction of sp³-hybridized carbons (Fsp3) is 0. The first-order valence-electron chi connectivity index (χ1n) is 0.987. The summed E-state index contributed by atoms with van der Waals surface area (Å²) >= 11 is 0. The molecule has 0 rings (SSSR count). The van der Waals surface area contributed by atoms with E-state index in [4.69, 9.17) is 19.5 Å². The summed E-state index contributed by atoms with van der Waals surface area (Å²) in [6.45, 7) is -3.81. The maximum Gasteiger partial charge on any atom is 0.326 e. The van der Waals surface area contributed by atoms with Gasteiger partial charge in [-0.3, -0.25) is 0 Å². The van der Waals surface area contributed by atoms with Crippen molar-refractivity contribution in [2.45, 2.75) is 0 Å². The molecule has 0 spiro atoms. The van der Waals surface area contributed by atoms with Gasteiger partial charge in [-0.15, -0.1) is 0 Å². The lowest BCUT2D eigenvalue weighted by Crippen LogP contribution is -1.67. The van der Waals surface area contributed by atoms with Crippen LogP contribution in [-0.2, 0) is 10.7 Å². The number of hydrogen-bond donors (Lipinski definition) is 4. The van der Waals surface area contributed by atoms with Crippen LogP contribution in [0, 0.1) is 4.78 Å². The second-order valence-corrected chi connectivity index (χ2v) is 3.83. The Morgan fingerprint density at radius 3 is 1.50 bits per heavy atom. The Morgan fingerprint density at radius 2 is 1.50 bits per heavy atom. The standard InChI is InChI=1S/H4NO3PS/c1-6-5(2,3)4/h1-4H. The Kier molecular flexibility index (Phi) is 1.96. The fourth-order valence-electron chi connectivity index (χ4n) is 0. The molecule has 0 aromatic heterocycles. The third-order valence-corrected chi connectivity index (χ3v) is 1.10. The molecule has 0 fully saturated rings. The maximum atomic E-state index is 7.82. The van der Waals surface area contributed by atoms with Crippen molar-refractivity contribution in [2.75, 3.05) is 0 Å². The highest BCUT2D eigenvalue weighted by Crippen LogP contribution is 2.28. The van der Waals surface area contributed by atoms with E-state index < -0.39 is 6.72 Å². The van der Waals surface area contributed by atoms with Crippen LogP contribution in [0.1, 0.15) is 0 Å². The average Bonchev–Trinajstić information content (AvgIpc) is 1.35. The largest absolute Gasteiger partial charge is 0.326 e. The quantitative estimate of drug-likeness (QED) is 0.332. The third-order valence-electron chi connectivity index (χ3n) is 0.122. The lowest BCUT2D eigenvalue weighted by molar-refractivity contribution is 0.363. The van der Waals surface area contributed by atoms with E-state index in [-0.39, 0.29) is 10.7 Å². The Labute approximate surface area is 37.8 Å². The van der Waals surface area contributed by atoms with Gasteiger partial charge in [0.1, 0.15) is 0 Å². The van der Waals surface area contributed by atoms with E-state index in [0.29, 0.717) is 0 Å². The van der Waals surface area contributed by atoms with E-state index in [1.165, 1.54) is 0 Å². The molecule has 0 atom stereocenters. The van der Waals surface area contributed by atoms with Gasteiger partial charge in [-0.2, -0.15) is 0 Å². The Balaban J connectivity index is 4.21. The molecular weight excluding hydrogens is 125 g/mol. The molecule has 0 heterocycles. The highest BCUT2D eigenvalue weighted by Gasteiger charge is 1.95. The molecule has 0 radical (unpaired) electrons. The molecule has 4 N–H and O–H groups in total. The van der Waals surface area contributed by atoms with E-state index in [2.05, 4.69) is 0 Å². The van der Waals surface area contributed by atoms with E-state index in [1.54, 1.807) is 0 Å². The van der Waals surface area contributed by atoms with Crippen molar-refractivity contribution in [3.8, 4) is 0 Å². The Hall–Kier alpha value is 0.330. The summed E-state index contributed by atoms with van der Waals surface area (Å²) in [6, 6.07) is 0. The van der Waals surface area contributed by atoms with Gasteiger partial charge in [0.05, 0.1) is 0 Å². The second-order valence-electron chi connectivity index (χ2n) is 0.605. The molecule has 0 saturated heterocycles. The van der Waals surface area contributed by atoms with Gasteiger partial charge >= 0.3 is 6.72 Å². The van der Waals surface area contributed by atoms with Gasteiger partial charge < -0.3 is 14.7 Å². The van der Waals surface area contributed by atoms with E-state index in [9.17, 15) is 0 Å². The van der Waals surface area contributed by atoms with Crippen LogP contribution >= 0.6 is 6.72 Å². The molecule has 0 saturated carbocycles. The first-order chi connectivity index (χ1) is 2.56. The van der Waals surface area contributed by atoms with Crippen molar-refractivity contribution in [2.24, 2.45) is 0 Å². The minimum Gasteiger partial charge on any atom is -0.324 e. The van der Waals surface area contributed by atoms with E-state index in [0.717, 1.165) is 0 Å². The summed E-state index contributed by atoms with van der Waals surface area (Å²) in [7, 11) is -0.0903. The maximum absolute atomic E-state index is 7.82. The van der Waals surface area contributed by atoms with Crippen LogP contribution in [0.15, 0.2) is 0 Å². The van der Waals surface area contributed by atoms with Gasteiger partial charge in [0, 0.05) is 10.7 Å². The van der Waals surface area contributed by atoms with Gasteiger partial charge in [-0.1, -0.05) is 0 Å². The fourth-order valence-corrected chi connectivity index (χ4v) is 0. The van der Waals surface area contributed by atoms with Crippen molar-refractivity contribution in [3.63, 3.8) is 0 Å². The zero-order valence-corrected chi connectivity index (χ0v) is 4.41. The highest BCUT2D eigenvalue weighted by atomic mass is 32.5. The lowest BCUT2D eigenvalue weighted by Gasteiger charge is -1.89. The zero-order valence-electron chi connectivity index (χ0n) is 2.70. The van der Waals surface area contributed by atoms with Crippen LogP contribution in [0.4, 0.5) is 0 Å². The molecule has 0 aromatic carbocycles. The van der Waals surface area contributed by atoms with Gasteiger partial charge in [-0.05, 0) is 0 Å². The minimum atomic E-state index is -3.81. The molecule has 0 amide bonds. The Bertz CT molecular complexity index is 99.7. The zero-order chi connectivity index (χ0) is 5.21. The summed E-state index contributed by atoms with van der Waals surface area (Å²) in [6.07, 6.45) is 0. The van der Waals surface area contributed by atoms with Gasteiger partial charge in [0.15, 0.2) is 0 Å². The van der Waals surface area contributed by atoms with Gasteiger partial charge in [-0.25, -0.2) is 4.78 Å². The molecule has 0 aliphatic rings. The van der Waals surface area contributed by atoms with Crippen LogP contribution in [0.5, 0.6) is 0 Å². The molecule has 4 nitrogen and oxygen atoms in total. The molecule has 6 heavy (non-hydrogen) atoms. The summed E-state index contributed by atoms with van der Waals surface area (Å²) in [5.74, 6) is 0. The molecular formula is H4NO3PS. The second kappa shape index (κ2) is 1.86. The number of hydrogen-bond acceptors (Lipinski definition) is 1. The molecule has 0 aliphatic heterocycles. The van der Waals surface area contributed by atoms with Crippen molar-refractivity contribution in [1.29, 1.82) is 4.78 Å². The van der Waals surface area contributed by atoms with Crippen LogP contribution in [-0.4, -0.2) is 14.7 Å². The minimum absolute atomic E-state index is 0.0903. The topological polar surface area (TPSA) is 84.5 Å². The first kappa shape index (κ1) is 6.33. The van der Waals surface area contributed by atoms with Crippen LogP contribution < -0.4 is 0 Å². The smallest absolute Gasteiger partial charge is 0.324 e. The number of nitrogens with one attached hydrogen (secondary N) is 1. The third kappa shape index (κ3) is 4.33. The van der Waals surface area contributed by atoms with Crippen LogP contribution in [0.2, 0.25) is 0 Å². The van der Waals surface area contributed by atoms with Crippen molar-refractivity contribution >= 4 is 17.5 Å². The molecule has 0 aromatic rings. The lowest BCUT2D eigenvalue weighted by atomic mass is 14.0. The van der Waals surface area contributed by atoms with E-state index >= 15 is 0 Å². The molecule has 6 heteroatoms. The van der Waals surface area contributed by atoms with Crippen LogP contribution in [0.25, 0.3) is 0 Å². The van der Waals surface area contributed by atoms with Crippen LogP contribution in [0.3, 0.4) is 0 Å². The summed E-state index contributed by atoms with van der Waals surface area (Å²) in [5.41, 5.74) is 0. The predicted molar refractivity (Wildman–Crippen MR) is 23.7 cm³/mol. The van der Waals surface area contributed by atoms with Crippen molar-refractivity contribution < 1.29 is 14.7 Å². The van der Waals surface area contributed by atoms with Crippen molar-refractivity contribution in [3.05, 3.63) is 0 Å². The Morgan fingerprint density at radius 1 is 1.33 bits per heavy atom. The average molecular weight is 129 g/mol. The molecule has 0 bridgehead atoms. The SMILES string of the molecule is N=S=P(O)(O)O. The first-order valence-corrected chi connectivity index (χ1v) is 4.06. The summed E-state index contributed by atoms with van der Waals surface area (Å²) < 4.78 is 6.07. The summed E-state index contributed by atoms with van der Waals surface area (Å²) in [4.78, 5) is 23.5. The molecule has 0 unspecified atom stereocenters. The summed E-state index contributed by atoms with van der Waals surface area (Å²) in [5, 5.41) is 0. The molecule has 38 valence electrons. The monoisotopic (exact) mass is 129 g/mol. The molecule has 0 aliphatic carbocycles.